The molecule has 0 saturated carbocycles. The Morgan fingerprint density at radius 2 is 2.08 bits per heavy atom. The minimum Gasteiger partial charge on any atom is -0.456 e. The molecule has 1 fully saturated rings. The fourth-order valence-corrected chi connectivity index (χ4v) is 4.62. The zero-order valence-corrected chi connectivity index (χ0v) is 14.9. The first-order valence-electron chi connectivity index (χ1n) is 8.10. The average molecular weight is 382 g/mol. The van der Waals surface area contributed by atoms with Crippen molar-refractivity contribution in [2.45, 2.75) is 19.3 Å². The largest absolute Gasteiger partial charge is 0.456 e. The topological polar surface area (TPSA) is 105 Å². The number of para-hydroxylation sites is 1. The van der Waals surface area contributed by atoms with Crippen molar-refractivity contribution in [2.75, 3.05) is 29.6 Å². The molecule has 0 N–H and O–H groups in total. The van der Waals surface area contributed by atoms with E-state index in [2.05, 4.69) is 0 Å². The third kappa shape index (κ3) is 5.52. The van der Waals surface area contributed by atoms with Crippen LogP contribution in [-0.2, 0) is 24.2 Å². The van der Waals surface area contributed by atoms with Crippen molar-refractivity contribution in [3.8, 4) is 6.07 Å². The van der Waals surface area contributed by atoms with Gasteiger partial charge >= 0.3 is 5.97 Å². The Balaban J connectivity index is 1.93. The van der Waals surface area contributed by atoms with E-state index in [1.165, 1.54) is 18.2 Å². The second kappa shape index (κ2) is 8.76. The van der Waals surface area contributed by atoms with Gasteiger partial charge in [-0.15, -0.1) is 0 Å². The summed E-state index contributed by atoms with van der Waals surface area (Å²) >= 11 is 0. The number of carbonyl (C=O) groups is 2. The molecule has 9 heteroatoms. The lowest BCUT2D eigenvalue weighted by Crippen LogP contribution is -2.36. The number of carbonyl (C=O) groups excluding carboxylic acids is 2. The highest BCUT2D eigenvalue weighted by Crippen LogP contribution is 2.22. The molecule has 1 unspecified atom stereocenters. The summed E-state index contributed by atoms with van der Waals surface area (Å²) in [5.41, 5.74) is 0.00526. The van der Waals surface area contributed by atoms with Crippen LogP contribution in [0.2, 0.25) is 0 Å². The summed E-state index contributed by atoms with van der Waals surface area (Å²) < 4.78 is 41.6. The molecule has 1 aromatic carbocycles. The van der Waals surface area contributed by atoms with Gasteiger partial charge in [-0.3, -0.25) is 9.59 Å². The van der Waals surface area contributed by atoms with Gasteiger partial charge in [-0.2, -0.15) is 5.26 Å². The number of nitriles is 1. The summed E-state index contributed by atoms with van der Waals surface area (Å²) in [6.45, 7) is -0.632. The average Bonchev–Trinajstić information content (AvgIpc) is 2.93. The van der Waals surface area contributed by atoms with Gasteiger partial charge in [0.15, 0.2) is 16.4 Å². The maximum Gasteiger partial charge on any atom is 0.306 e. The number of anilines is 1. The Morgan fingerprint density at radius 3 is 2.69 bits per heavy atom. The van der Waals surface area contributed by atoms with E-state index in [9.17, 15) is 22.4 Å². The first kappa shape index (κ1) is 19.8. The van der Waals surface area contributed by atoms with Crippen LogP contribution in [0.25, 0.3) is 0 Å². The summed E-state index contributed by atoms with van der Waals surface area (Å²) in [4.78, 5) is 25.2. The van der Waals surface area contributed by atoms with Gasteiger partial charge in [-0.25, -0.2) is 12.8 Å². The number of benzene rings is 1. The summed E-state index contributed by atoms with van der Waals surface area (Å²) in [5, 5.41) is 8.72. The molecule has 1 aliphatic rings. The number of ether oxygens (including phenoxy) is 1. The van der Waals surface area contributed by atoms with Gasteiger partial charge in [0.2, 0.25) is 0 Å². The third-order valence-electron chi connectivity index (χ3n) is 4.03. The van der Waals surface area contributed by atoms with Gasteiger partial charge in [0, 0.05) is 13.0 Å². The molecule has 0 radical (unpaired) electrons. The molecule has 140 valence electrons. The molecule has 2 rings (SSSR count). The first-order valence-corrected chi connectivity index (χ1v) is 9.92. The SMILES string of the molecule is N#CCCN(C(=O)COC(=O)CC1CCS(=O)(=O)C1)c1ccccc1F. The molecule has 1 heterocycles. The van der Waals surface area contributed by atoms with Gasteiger partial charge in [0.05, 0.1) is 29.7 Å². The van der Waals surface area contributed by atoms with Crippen LogP contribution in [0.15, 0.2) is 24.3 Å². The van der Waals surface area contributed by atoms with E-state index < -0.39 is 34.1 Å². The quantitative estimate of drug-likeness (QED) is 0.661. The van der Waals surface area contributed by atoms with Crippen LogP contribution < -0.4 is 4.90 Å². The zero-order valence-electron chi connectivity index (χ0n) is 14.1. The van der Waals surface area contributed by atoms with Crippen molar-refractivity contribution >= 4 is 27.4 Å². The number of amides is 1. The molecule has 0 spiro atoms. The molecule has 1 aromatic rings. The van der Waals surface area contributed by atoms with Crippen LogP contribution in [0, 0.1) is 23.1 Å². The lowest BCUT2D eigenvalue weighted by atomic mass is 10.1. The Labute approximate surface area is 151 Å². The smallest absolute Gasteiger partial charge is 0.306 e. The van der Waals surface area contributed by atoms with E-state index >= 15 is 0 Å². The standard InChI is InChI=1S/C17H19FN2O5S/c18-14-4-1-2-5-15(14)20(8-3-7-19)16(21)11-25-17(22)10-13-6-9-26(23,24)12-13/h1-2,4-5,13H,3,6,8-12H2. The molecule has 26 heavy (non-hydrogen) atoms. The van der Waals surface area contributed by atoms with Crippen molar-refractivity contribution < 1.29 is 27.1 Å². The van der Waals surface area contributed by atoms with Crippen molar-refractivity contribution in [3.05, 3.63) is 30.1 Å². The van der Waals surface area contributed by atoms with E-state index in [-0.39, 0.29) is 42.5 Å². The number of esters is 1. The van der Waals surface area contributed by atoms with Gasteiger partial charge < -0.3 is 9.64 Å². The first-order chi connectivity index (χ1) is 12.3. The lowest BCUT2D eigenvalue weighted by molar-refractivity contribution is -0.148. The van der Waals surface area contributed by atoms with Gasteiger partial charge in [0.1, 0.15) is 5.82 Å². The molecule has 1 atom stereocenters. The summed E-state index contributed by atoms with van der Waals surface area (Å²) in [7, 11) is -3.09. The third-order valence-corrected chi connectivity index (χ3v) is 5.87. The monoisotopic (exact) mass is 382 g/mol. The van der Waals surface area contributed by atoms with Gasteiger partial charge in [0.25, 0.3) is 5.91 Å². The summed E-state index contributed by atoms with van der Waals surface area (Å²) in [6, 6.07) is 7.50. The predicted octanol–water partition coefficient (Wildman–Crippen LogP) is 1.44. The Hall–Kier alpha value is -2.47. The molecule has 0 aliphatic carbocycles. The van der Waals surface area contributed by atoms with Crippen molar-refractivity contribution in [2.24, 2.45) is 5.92 Å². The highest BCUT2D eigenvalue weighted by molar-refractivity contribution is 7.91. The number of sulfone groups is 1. The van der Waals surface area contributed by atoms with Crippen molar-refractivity contribution in [1.82, 2.24) is 0 Å². The normalized spacial score (nSPS) is 18.1. The van der Waals surface area contributed by atoms with Crippen molar-refractivity contribution in [3.63, 3.8) is 0 Å². The predicted molar refractivity (Wildman–Crippen MR) is 91.3 cm³/mol. The molecule has 7 nitrogen and oxygen atoms in total. The number of hydrogen-bond donors (Lipinski definition) is 0. The van der Waals surface area contributed by atoms with Gasteiger partial charge in [-0.05, 0) is 24.5 Å². The molecule has 0 bridgehead atoms. The number of hydrogen-bond acceptors (Lipinski definition) is 6. The molecular formula is C17H19FN2O5S. The maximum atomic E-state index is 13.9. The Kier molecular flexibility index (Phi) is 6.69. The van der Waals surface area contributed by atoms with Crippen LogP contribution >= 0.6 is 0 Å². The maximum absolute atomic E-state index is 13.9. The number of rotatable bonds is 7. The van der Waals surface area contributed by atoms with E-state index in [4.69, 9.17) is 10.00 Å². The van der Waals surface area contributed by atoms with Crippen molar-refractivity contribution in [1.29, 1.82) is 5.26 Å². The molecule has 1 saturated heterocycles. The number of halogens is 1. The second-order valence-corrected chi connectivity index (χ2v) is 8.27. The molecule has 1 amide bonds. The number of nitrogens with zero attached hydrogens (tertiary/aromatic N) is 2. The Morgan fingerprint density at radius 1 is 1.35 bits per heavy atom. The highest BCUT2D eigenvalue weighted by atomic mass is 32.2. The second-order valence-electron chi connectivity index (χ2n) is 6.04. The van der Waals surface area contributed by atoms with Crippen LogP contribution in [0.1, 0.15) is 19.3 Å². The summed E-state index contributed by atoms with van der Waals surface area (Å²) in [5.74, 6) is -2.25. The molecular weight excluding hydrogens is 363 g/mol. The van der Waals surface area contributed by atoms with Crippen LogP contribution in [0.4, 0.5) is 10.1 Å². The van der Waals surface area contributed by atoms with Crippen LogP contribution in [0.3, 0.4) is 0 Å². The molecule has 1 aliphatic heterocycles. The van der Waals surface area contributed by atoms with E-state index in [0.717, 1.165) is 4.90 Å². The highest BCUT2D eigenvalue weighted by Gasteiger charge is 2.30. The Bertz CT molecular complexity index is 819. The fraction of sp³-hybridized carbons (Fsp3) is 0.471. The van der Waals surface area contributed by atoms with E-state index in [1.54, 1.807) is 6.07 Å². The minimum atomic E-state index is -3.09. The fourth-order valence-electron chi connectivity index (χ4n) is 2.76. The van der Waals surface area contributed by atoms with E-state index in [0.29, 0.717) is 6.42 Å². The molecule has 0 aromatic heterocycles. The lowest BCUT2D eigenvalue weighted by Gasteiger charge is -2.22. The van der Waals surface area contributed by atoms with Crippen LogP contribution in [-0.4, -0.2) is 45.0 Å². The summed E-state index contributed by atoms with van der Waals surface area (Å²) in [6.07, 6.45) is 0.313. The van der Waals surface area contributed by atoms with Crippen LogP contribution in [0.5, 0.6) is 0 Å². The zero-order chi connectivity index (χ0) is 19.2. The van der Waals surface area contributed by atoms with Gasteiger partial charge in [-0.1, -0.05) is 12.1 Å². The minimum absolute atomic E-state index is 0.00526. The van der Waals surface area contributed by atoms with E-state index in [1.807, 2.05) is 6.07 Å².